The van der Waals surface area contributed by atoms with Crippen LogP contribution >= 0.6 is 0 Å². The van der Waals surface area contributed by atoms with Crippen molar-refractivity contribution in [3.63, 3.8) is 0 Å². The fourth-order valence-electron chi connectivity index (χ4n) is 2.99. The Labute approximate surface area is 122 Å². The molecule has 0 N–H and O–H groups in total. The van der Waals surface area contributed by atoms with Crippen LogP contribution in [0.25, 0.3) is 11.0 Å². The number of ether oxygens (including phenoxy) is 1. The molecule has 0 atom stereocenters. The maximum absolute atomic E-state index is 14.1. The zero-order valence-corrected chi connectivity index (χ0v) is 12.1. The second-order valence-electron chi connectivity index (χ2n) is 5.71. The Balaban J connectivity index is 1.94. The van der Waals surface area contributed by atoms with Crippen LogP contribution in [0.1, 0.15) is 32.1 Å². The van der Waals surface area contributed by atoms with Crippen LogP contribution in [0.2, 0.25) is 0 Å². The maximum atomic E-state index is 14.1. The summed E-state index contributed by atoms with van der Waals surface area (Å²) in [6, 6.07) is 3.03. The number of halogens is 1. The molecule has 3 rings (SSSR count). The summed E-state index contributed by atoms with van der Waals surface area (Å²) in [4.78, 5) is 15.8. The summed E-state index contributed by atoms with van der Waals surface area (Å²) in [5.41, 5.74) is 0.799. The Morgan fingerprint density at radius 1 is 1.33 bits per heavy atom. The number of nitrogens with zero attached hydrogens (tertiary/aromatic N) is 2. The van der Waals surface area contributed by atoms with E-state index in [0.29, 0.717) is 23.6 Å². The molecule has 0 aliphatic heterocycles. The Bertz CT molecular complexity index is 705. The predicted octanol–water partition coefficient (Wildman–Crippen LogP) is 3.03. The molecule has 2 aromatic rings. The number of rotatable bonds is 3. The van der Waals surface area contributed by atoms with Crippen LogP contribution in [-0.2, 0) is 7.05 Å². The van der Waals surface area contributed by atoms with E-state index in [9.17, 15) is 9.18 Å². The van der Waals surface area contributed by atoms with E-state index < -0.39 is 5.82 Å². The molecule has 0 bridgehead atoms. The van der Waals surface area contributed by atoms with E-state index >= 15 is 0 Å². The molecule has 2 heterocycles. The second kappa shape index (κ2) is 5.84. The lowest BCUT2D eigenvalue weighted by Crippen LogP contribution is -2.19. The van der Waals surface area contributed by atoms with Gasteiger partial charge in [0, 0.05) is 13.1 Å². The van der Waals surface area contributed by atoms with E-state index in [2.05, 4.69) is 4.98 Å². The molecule has 1 aliphatic rings. The van der Waals surface area contributed by atoms with Gasteiger partial charge >= 0.3 is 0 Å². The Kier molecular flexibility index (Phi) is 3.90. The highest BCUT2D eigenvalue weighted by atomic mass is 19.1. The van der Waals surface area contributed by atoms with Crippen molar-refractivity contribution in [2.24, 2.45) is 13.0 Å². The van der Waals surface area contributed by atoms with Crippen LogP contribution in [0, 0.1) is 11.7 Å². The SMILES string of the molecule is Cn1c(=O)ccc2ncc(F)c(OCC3CCCCC3)c21. The molecule has 21 heavy (non-hydrogen) atoms. The van der Waals surface area contributed by atoms with Gasteiger partial charge in [-0.15, -0.1) is 0 Å². The zero-order chi connectivity index (χ0) is 14.8. The van der Waals surface area contributed by atoms with Crippen molar-refractivity contribution in [3.8, 4) is 5.75 Å². The molecule has 0 unspecified atom stereocenters. The quantitative estimate of drug-likeness (QED) is 0.872. The minimum atomic E-state index is -0.514. The summed E-state index contributed by atoms with van der Waals surface area (Å²) in [7, 11) is 1.61. The standard InChI is InChI=1S/C16H19FN2O2/c1-19-14(20)8-7-13-15(19)16(12(17)9-18-13)21-10-11-5-3-2-4-6-11/h7-9,11H,2-6,10H2,1H3. The topological polar surface area (TPSA) is 44.1 Å². The number of aryl methyl sites for hydroxylation is 1. The summed E-state index contributed by atoms with van der Waals surface area (Å²) < 4.78 is 21.2. The molecule has 2 aromatic heterocycles. The molecule has 1 fully saturated rings. The van der Waals surface area contributed by atoms with Crippen molar-refractivity contribution in [1.29, 1.82) is 0 Å². The van der Waals surface area contributed by atoms with Crippen molar-refractivity contribution >= 4 is 11.0 Å². The van der Waals surface area contributed by atoms with E-state index in [1.165, 1.54) is 29.9 Å². The third-order valence-electron chi connectivity index (χ3n) is 4.23. The lowest BCUT2D eigenvalue weighted by Gasteiger charge is -2.22. The van der Waals surface area contributed by atoms with Crippen LogP contribution < -0.4 is 10.3 Å². The maximum Gasteiger partial charge on any atom is 0.250 e. The molecule has 1 saturated carbocycles. The third-order valence-corrected chi connectivity index (χ3v) is 4.23. The highest BCUT2D eigenvalue weighted by Gasteiger charge is 2.18. The van der Waals surface area contributed by atoms with Crippen LogP contribution in [-0.4, -0.2) is 16.2 Å². The molecule has 0 saturated heterocycles. The lowest BCUT2D eigenvalue weighted by atomic mass is 9.90. The molecular weight excluding hydrogens is 271 g/mol. The van der Waals surface area contributed by atoms with Crippen molar-refractivity contribution in [2.75, 3.05) is 6.61 Å². The van der Waals surface area contributed by atoms with Gasteiger partial charge in [0.2, 0.25) is 0 Å². The highest BCUT2D eigenvalue weighted by Crippen LogP contribution is 2.29. The van der Waals surface area contributed by atoms with Crippen molar-refractivity contribution in [2.45, 2.75) is 32.1 Å². The van der Waals surface area contributed by atoms with Gasteiger partial charge in [-0.1, -0.05) is 19.3 Å². The molecule has 4 nitrogen and oxygen atoms in total. The van der Waals surface area contributed by atoms with Gasteiger partial charge in [-0.3, -0.25) is 9.78 Å². The molecule has 0 aromatic carbocycles. The summed E-state index contributed by atoms with van der Waals surface area (Å²) in [5, 5.41) is 0. The number of hydrogen-bond donors (Lipinski definition) is 0. The van der Waals surface area contributed by atoms with Gasteiger partial charge < -0.3 is 9.30 Å². The summed E-state index contributed by atoms with van der Waals surface area (Å²) in [6.07, 6.45) is 7.12. The summed E-state index contributed by atoms with van der Waals surface area (Å²) in [6.45, 7) is 0.499. The number of pyridine rings is 2. The summed E-state index contributed by atoms with van der Waals surface area (Å²) in [5.74, 6) is 0.104. The lowest BCUT2D eigenvalue weighted by molar-refractivity contribution is 0.203. The first-order chi connectivity index (χ1) is 10.2. The molecule has 112 valence electrons. The van der Waals surface area contributed by atoms with Crippen molar-refractivity contribution in [3.05, 3.63) is 34.5 Å². The summed E-state index contributed by atoms with van der Waals surface area (Å²) >= 11 is 0. The van der Waals surface area contributed by atoms with Gasteiger partial charge in [-0.25, -0.2) is 4.39 Å². The molecule has 0 amide bonds. The second-order valence-corrected chi connectivity index (χ2v) is 5.71. The molecule has 0 spiro atoms. The average Bonchev–Trinajstić information content (AvgIpc) is 2.51. The fourth-order valence-corrected chi connectivity index (χ4v) is 2.99. The van der Waals surface area contributed by atoms with Gasteiger partial charge in [-0.05, 0) is 24.8 Å². The minimum Gasteiger partial charge on any atom is -0.488 e. The zero-order valence-electron chi connectivity index (χ0n) is 12.1. The Morgan fingerprint density at radius 2 is 2.10 bits per heavy atom. The third kappa shape index (κ3) is 2.77. The Hall–Kier alpha value is -1.91. The first kappa shape index (κ1) is 14.0. The first-order valence-corrected chi connectivity index (χ1v) is 7.44. The molecular formula is C16H19FN2O2. The van der Waals surface area contributed by atoms with E-state index in [1.54, 1.807) is 13.1 Å². The number of hydrogen-bond acceptors (Lipinski definition) is 3. The van der Waals surface area contributed by atoms with Gasteiger partial charge in [0.25, 0.3) is 5.56 Å². The van der Waals surface area contributed by atoms with E-state index in [1.807, 2.05) is 0 Å². The highest BCUT2D eigenvalue weighted by molar-refractivity contribution is 5.81. The molecule has 0 radical (unpaired) electrons. The molecule has 5 heteroatoms. The average molecular weight is 290 g/mol. The van der Waals surface area contributed by atoms with E-state index in [0.717, 1.165) is 19.0 Å². The normalized spacial score (nSPS) is 16.3. The van der Waals surface area contributed by atoms with Crippen LogP contribution in [0.4, 0.5) is 4.39 Å². The van der Waals surface area contributed by atoms with E-state index in [-0.39, 0.29) is 11.3 Å². The monoisotopic (exact) mass is 290 g/mol. The first-order valence-electron chi connectivity index (χ1n) is 7.44. The van der Waals surface area contributed by atoms with Gasteiger partial charge in [0.05, 0.1) is 18.3 Å². The van der Waals surface area contributed by atoms with Crippen molar-refractivity contribution < 1.29 is 9.13 Å². The van der Waals surface area contributed by atoms with Gasteiger partial charge in [0.1, 0.15) is 5.52 Å². The Morgan fingerprint density at radius 3 is 2.86 bits per heavy atom. The van der Waals surface area contributed by atoms with Crippen molar-refractivity contribution in [1.82, 2.24) is 9.55 Å². The fraction of sp³-hybridized carbons (Fsp3) is 0.500. The largest absolute Gasteiger partial charge is 0.488 e. The number of aromatic nitrogens is 2. The molecule has 1 aliphatic carbocycles. The predicted molar refractivity (Wildman–Crippen MR) is 79.0 cm³/mol. The van der Waals surface area contributed by atoms with E-state index in [4.69, 9.17) is 4.74 Å². The minimum absolute atomic E-state index is 0.144. The van der Waals surface area contributed by atoms with Crippen LogP contribution in [0.15, 0.2) is 23.1 Å². The smallest absolute Gasteiger partial charge is 0.250 e. The van der Waals surface area contributed by atoms with Gasteiger partial charge in [0.15, 0.2) is 11.6 Å². The van der Waals surface area contributed by atoms with Crippen LogP contribution in [0.5, 0.6) is 5.75 Å². The van der Waals surface area contributed by atoms with Crippen LogP contribution in [0.3, 0.4) is 0 Å². The number of fused-ring (bicyclic) bond motifs is 1. The van der Waals surface area contributed by atoms with Gasteiger partial charge in [-0.2, -0.15) is 0 Å².